The monoisotopic (exact) mass is 241 g/mol. The normalized spacial score (nSPS) is 16.4. The summed E-state index contributed by atoms with van der Waals surface area (Å²) in [7, 11) is 0. The summed E-state index contributed by atoms with van der Waals surface area (Å²) in [6.45, 7) is 4.66. The zero-order valence-electron chi connectivity index (χ0n) is 9.31. The van der Waals surface area contributed by atoms with Crippen LogP contribution < -0.4 is 0 Å². The van der Waals surface area contributed by atoms with Gasteiger partial charge < -0.3 is 9.64 Å². The summed E-state index contributed by atoms with van der Waals surface area (Å²) in [5.74, 6) is 0.0572. The van der Waals surface area contributed by atoms with Crippen molar-refractivity contribution >= 4 is 17.4 Å². The molecule has 2 rings (SSSR count). The Bertz CT molecular complexity index is 361. The van der Waals surface area contributed by atoms with Gasteiger partial charge in [-0.2, -0.15) is 0 Å². The zero-order valence-corrected chi connectivity index (χ0v) is 10.1. The Hall–Kier alpha value is -1.01. The minimum atomic E-state index is 0.0572. The third kappa shape index (κ3) is 2.38. The van der Waals surface area contributed by atoms with Gasteiger partial charge in [-0.3, -0.25) is 4.79 Å². The molecule has 0 saturated carbocycles. The van der Waals surface area contributed by atoms with Gasteiger partial charge >= 0.3 is 0 Å². The number of carbonyl (C=O) groups excluding carboxylic acids is 1. The van der Waals surface area contributed by atoms with Crippen LogP contribution in [0.4, 0.5) is 0 Å². The Kier molecular flexibility index (Phi) is 3.84. The van der Waals surface area contributed by atoms with Gasteiger partial charge in [-0.15, -0.1) is 5.10 Å². The van der Waals surface area contributed by atoms with Gasteiger partial charge in [0.25, 0.3) is 5.91 Å². The van der Waals surface area contributed by atoms with Gasteiger partial charge in [-0.1, -0.05) is 17.8 Å². The number of aryl methyl sites for hydroxylation is 1. The fourth-order valence-electron chi connectivity index (χ4n) is 1.68. The largest absolute Gasteiger partial charge is 0.378 e. The van der Waals surface area contributed by atoms with Crippen molar-refractivity contribution in [3.8, 4) is 0 Å². The highest BCUT2D eigenvalue weighted by Crippen LogP contribution is 2.16. The summed E-state index contributed by atoms with van der Waals surface area (Å²) in [6, 6.07) is 0. The molecule has 1 aromatic heterocycles. The molecule has 5 nitrogen and oxygen atoms in total. The molecule has 1 aliphatic heterocycles. The molecule has 1 aromatic rings. The molecule has 0 spiro atoms. The molecule has 88 valence electrons. The van der Waals surface area contributed by atoms with Gasteiger partial charge in [0, 0.05) is 13.1 Å². The SMILES string of the molecule is CCCc1nnsc1C(=O)N1CCOCC1. The maximum Gasteiger partial charge on any atom is 0.267 e. The van der Waals surface area contributed by atoms with Gasteiger partial charge in [0.05, 0.1) is 18.9 Å². The van der Waals surface area contributed by atoms with Gasteiger partial charge in [-0.05, 0) is 18.0 Å². The van der Waals surface area contributed by atoms with Crippen LogP contribution >= 0.6 is 11.5 Å². The van der Waals surface area contributed by atoms with Crippen LogP contribution in [0.25, 0.3) is 0 Å². The lowest BCUT2D eigenvalue weighted by molar-refractivity contribution is 0.0305. The minimum Gasteiger partial charge on any atom is -0.378 e. The van der Waals surface area contributed by atoms with Gasteiger partial charge in [0.1, 0.15) is 4.88 Å². The number of rotatable bonds is 3. The first-order valence-electron chi connectivity index (χ1n) is 5.51. The standard InChI is InChI=1S/C10H15N3O2S/c1-2-3-8-9(16-12-11-8)10(14)13-4-6-15-7-5-13/h2-7H2,1H3. The Morgan fingerprint density at radius 1 is 1.50 bits per heavy atom. The van der Waals surface area contributed by atoms with E-state index >= 15 is 0 Å². The van der Waals surface area contributed by atoms with Crippen LogP contribution in [0.3, 0.4) is 0 Å². The van der Waals surface area contributed by atoms with Crippen molar-refractivity contribution in [2.75, 3.05) is 26.3 Å². The van der Waals surface area contributed by atoms with E-state index in [1.54, 1.807) is 0 Å². The molecular weight excluding hydrogens is 226 g/mol. The molecule has 0 radical (unpaired) electrons. The quantitative estimate of drug-likeness (QED) is 0.791. The molecule has 0 bridgehead atoms. The first kappa shape index (κ1) is 11.5. The lowest BCUT2D eigenvalue weighted by Crippen LogP contribution is -2.40. The van der Waals surface area contributed by atoms with Crippen molar-refractivity contribution in [1.82, 2.24) is 14.5 Å². The summed E-state index contributed by atoms with van der Waals surface area (Å²) in [4.78, 5) is 14.7. The molecule has 1 amide bonds. The van der Waals surface area contributed by atoms with E-state index in [1.165, 1.54) is 11.5 Å². The summed E-state index contributed by atoms with van der Waals surface area (Å²) in [5, 5.41) is 4.01. The van der Waals surface area contributed by atoms with Gasteiger partial charge in [-0.25, -0.2) is 0 Å². The summed E-state index contributed by atoms with van der Waals surface area (Å²) < 4.78 is 9.09. The second-order valence-electron chi connectivity index (χ2n) is 3.70. The number of nitrogens with zero attached hydrogens (tertiary/aromatic N) is 3. The number of hydrogen-bond acceptors (Lipinski definition) is 5. The van der Waals surface area contributed by atoms with Crippen LogP contribution in [0.5, 0.6) is 0 Å². The Labute approximate surface area is 98.6 Å². The van der Waals surface area contributed by atoms with Gasteiger partial charge in [0.2, 0.25) is 0 Å². The highest BCUT2D eigenvalue weighted by Gasteiger charge is 2.23. The van der Waals surface area contributed by atoms with E-state index in [2.05, 4.69) is 16.5 Å². The van der Waals surface area contributed by atoms with Crippen molar-refractivity contribution < 1.29 is 9.53 Å². The van der Waals surface area contributed by atoms with Crippen molar-refractivity contribution in [3.05, 3.63) is 10.6 Å². The average molecular weight is 241 g/mol. The fraction of sp³-hybridized carbons (Fsp3) is 0.700. The Balaban J connectivity index is 2.09. The Morgan fingerprint density at radius 3 is 2.94 bits per heavy atom. The van der Waals surface area contributed by atoms with Crippen LogP contribution in [0.2, 0.25) is 0 Å². The van der Waals surface area contributed by atoms with Crippen LogP contribution in [-0.2, 0) is 11.2 Å². The summed E-state index contributed by atoms with van der Waals surface area (Å²) in [6.07, 6.45) is 1.80. The number of carbonyl (C=O) groups is 1. The van der Waals surface area contributed by atoms with Crippen LogP contribution in [-0.4, -0.2) is 46.7 Å². The van der Waals surface area contributed by atoms with Crippen LogP contribution in [0.15, 0.2) is 0 Å². The van der Waals surface area contributed by atoms with Crippen molar-refractivity contribution in [2.24, 2.45) is 0 Å². The lowest BCUT2D eigenvalue weighted by Gasteiger charge is -2.26. The highest BCUT2D eigenvalue weighted by atomic mass is 32.1. The molecule has 0 aliphatic carbocycles. The molecule has 16 heavy (non-hydrogen) atoms. The molecular formula is C10H15N3O2S. The predicted octanol–water partition coefficient (Wildman–Crippen LogP) is 0.963. The first-order valence-corrected chi connectivity index (χ1v) is 6.28. The van der Waals surface area contributed by atoms with E-state index in [9.17, 15) is 4.79 Å². The first-order chi connectivity index (χ1) is 7.83. The lowest BCUT2D eigenvalue weighted by atomic mass is 10.2. The maximum absolute atomic E-state index is 12.2. The molecule has 0 atom stereocenters. The van der Waals surface area contributed by atoms with Crippen molar-refractivity contribution in [3.63, 3.8) is 0 Å². The second kappa shape index (κ2) is 5.36. The number of morpholine rings is 1. The smallest absolute Gasteiger partial charge is 0.267 e. The molecule has 0 N–H and O–H groups in total. The number of aromatic nitrogens is 2. The third-order valence-electron chi connectivity index (χ3n) is 2.54. The zero-order chi connectivity index (χ0) is 11.4. The van der Waals surface area contributed by atoms with E-state index in [4.69, 9.17) is 4.74 Å². The van der Waals surface area contributed by atoms with Crippen LogP contribution in [0, 0.1) is 0 Å². The number of hydrogen-bond donors (Lipinski definition) is 0. The van der Waals surface area contributed by atoms with Crippen molar-refractivity contribution in [2.45, 2.75) is 19.8 Å². The molecule has 1 saturated heterocycles. The molecule has 1 fully saturated rings. The van der Waals surface area contributed by atoms with Crippen molar-refractivity contribution in [1.29, 1.82) is 0 Å². The third-order valence-corrected chi connectivity index (χ3v) is 3.29. The minimum absolute atomic E-state index is 0.0572. The predicted molar refractivity (Wildman–Crippen MR) is 60.6 cm³/mol. The Morgan fingerprint density at radius 2 is 2.25 bits per heavy atom. The van der Waals surface area contributed by atoms with E-state index in [-0.39, 0.29) is 5.91 Å². The topological polar surface area (TPSA) is 55.3 Å². The van der Waals surface area contributed by atoms with E-state index in [0.29, 0.717) is 31.2 Å². The molecule has 6 heteroatoms. The summed E-state index contributed by atoms with van der Waals surface area (Å²) in [5.41, 5.74) is 0.837. The fourth-order valence-corrected chi connectivity index (χ4v) is 2.36. The maximum atomic E-state index is 12.2. The van der Waals surface area contributed by atoms with Gasteiger partial charge in [0.15, 0.2) is 0 Å². The molecule has 2 heterocycles. The summed E-state index contributed by atoms with van der Waals surface area (Å²) >= 11 is 1.20. The van der Waals surface area contributed by atoms with Crippen LogP contribution in [0.1, 0.15) is 28.7 Å². The van der Waals surface area contributed by atoms with E-state index < -0.39 is 0 Å². The average Bonchev–Trinajstić information content (AvgIpc) is 2.78. The number of ether oxygens (including phenoxy) is 1. The number of amides is 1. The highest BCUT2D eigenvalue weighted by molar-refractivity contribution is 7.08. The van der Waals surface area contributed by atoms with E-state index in [0.717, 1.165) is 18.5 Å². The van der Waals surface area contributed by atoms with E-state index in [1.807, 2.05) is 4.90 Å². The molecule has 0 aromatic carbocycles. The molecule has 1 aliphatic rings. The molecule has 0 unspecified atom stereocenters. The second-order valence-corrected chi connectivity index (χ2v) is 4.46.